The highest BCUT2D eigenvalue weighted by Crippen LogP contribution is 2.24. The van der Waals surface area contributed by atoms with Crippen molar-refractivity contribution in [3.63, 3.8) is 0 Å². The minimum Gasteiger partial charge on any atom is -0.469 e. The molecule has 0 radical (unpaired) electrons. The zero-order valence-corrected chi connectivity index (χ0v) is 13.0. The fourth-order valence-corrected chi connectivity index (χ4v) is 2.96. The second-order valence-corrected chi connectivity index (χ2v) is 5.72. The van der Waals surface area contributed by atoms with Gasteiger partial charge in [-0.25, -0.2) is 0 Å². The van der Waals surface area contributed by atoms with Crippen LogP contribution in [0, 0.1) is 0 Å². The van der Waals surface area contributed by atoms with Crippen molar-refractivity contribution in [1.82, 2.24) is 10.2 Å². The summed E-state index contributed by atoms with van der Waals surface area (Å²) < 4.78 is 5.37. The Labute approximate surface area is 125 Å². The Kier molecular flexibility index (Phi) is 4.70. The molecule has 0 saturated carbocycles. The van der Waals surface area contributed by atoms with Crippen LogP contribution in [0.3, 0.4) is 0 Å². The predicted octanol–water partition coefficient (Wildman–Crippen LogP) is 2.12. The molecule has 1 N–H and O–H groups in total. The molecule has 1 aromatic rings. The molecule has 1 aliphatic heterocycles. The van der Waals surface area contributed by atoms with Crippen LogP contribution in [0.25, 0.3) is 0 Å². The zero-order chi connectivity index (χ0) is 15.5. The van der Waals surface area contributed by atoms with E-state index in [1.807, 2.05) is 37.8 Å². The lowest BCUT2D eigenvalue weighted by molar-refractivity contribution is -0.141. The molecule has 5 nitrogen and oxygen atoms in total. The molecule has 0 aromatic carbocycles. The van der Waals surface area contributed by atoms with Crippen molar-refractivity contribution in [3.05, 3.63) is 24.2 Å². The van der Waals surface area contributed by atoms with Gasteiger partial charge in [-0.3, -0.25) is 9.59 Å². The summed E-state index contributed by atoms with van der Waals surface area (Å²) in [6.45, 7) is 6.37. The summed E-state index contributed by atoms with van der Waals surface area (Å²) in [7, 11) is 0. The third-order valence-corrected chi connectivity index (χ3v) is 4.44. The molecule has 0 bridgehead atoms. The second kappa shape index (κ2) is 6.33. The highest BCUT2D eigenvalue weighted by molar-refractivity contribution is 5.93. The third kappa shape index (κ3) is 3.12. The van der Waals surface area contributed by atoms with Gasteiger partial charge in [-0.05, 0) is 31.9 Å². The van der Waals surface area contributed by atoms with E-state index < -0.39 is 5.54 Å². The smallest absolute Gasteiger partial charge is 0.248 e. The van der Waals surface area contributed by atoms with E-state index in [-0.39, 0.29) is 17.9 Å². The number of amides is 2. The van der Waals surface area contributed by atoms with Crippen LogP contribution in [0.4, 0.5) is 0 Å². The van der Waals surface area contributed by atoms with E-state index in [9.17, 15) is 9.59 Å². The van der Waals surface area contributed by atoms with Gasteiger partial charge in [0.15, 0.2) is 0 Å². The standard InChI is InChI=1S/C16H24N2O3/c1-4-16(5-2)15(20)18(9-8-14(19)17-16)12(3)11-13-7-6-10-21-13/h6-7,10,12H,4-5,8-9,11H2,1-3H3,(H,17,19). The summed E-state index contributed by atoms with van der Waals surface area (Å²) >= 11 is 0. The molecule has 2 heterocycles. The lowest BCUT2D eigenvalue weighted by Crippen LogP contribution is -2.58. The van der Waals surface area contributed by atoms with Crippen molar-refractivity contribution in [1.29, 1.82) is 0 Å². The Morgan fingerprint density at radius 1 is 1.38 bits per heavy atom. The van der Waals surface area contributed by atoms with Gasteiger partial charge < -0.3 is 14.6 Å². The first-order chi connectivity index (χ1) is 10.0. The van der Waals surface area contributed by atoms with E-state index in [4.69, 9.17) is 4.42 Å². The van der Waals surface area contributed by atoms with Crippen molar-refractivity contribution in [2.45, 2.75) is 58.0 Å². The Bertz CT molecular complexity index is 492. The van der Waals surface area contributed by atoms with Gasteiger partial charge in [-0.1, -0.05) is 13.8 Å². The van der Waals surface area contributed by atoms with Crippen LogP contribution in [0.15, 0.2) is 22.8 Å². The predicted molar refractivity (Wildman–Crippen MR) is 79.7 cm³/mol. The Balaban J connectivity index is 2.20. The second-order valence-electron chi connectivity index (χ2n) is 5.72. The Morgan fingerprint density at radius 2 is 2.10 bits per heavy atom. The maximum absolute atomic E-state index is 12.9. The maximum Gasteiger partial charge on any atom is 0.248 e. The molecule has 2 rings (SSSR count). The SMILES string of the molecule is CCC1(CC)NC(=O)CCN(C(C)Cc2ccco2)C1=O. The first-order valence-corrected chi connectivity index (χ1v) is 7.67. The average Bonchev–Trinajstić information content (AvgIpc) is 2.93. The van der Waals surface area contributed by atoms with Crippen molar-refractivity contribution >= 4 is 11.8 Å². The largest absolute Gasteiger partial charge is 0.469 e. The van der Waals surface area contributed by atoms with Gasteiger partial charge in [0.1, 0.15) is 11.3 Å². The maximum atomic E-state index is 12.9. The van der Waals surface area contributed by atoms with Crippen LogP contribution < -0.4 is 5.32 Å². The molecule has 1 atom stereocenters. The molecule has 21 heavy (non-hydrogen) atoms. The molecule has 0 spiro atoms. The van der Waals surface area contributed by atoms with E-state index in [1.54, 1.807) is 6.26 Å². The molecule has 2 amide bonds. The molecule has 5 heteroatoms. The molecule has 1 aromatic heterocycles. The first kappa shape index (κ1) is 15.6. The van der Waals surface area contributed by atoms with Crippen LogP contribution in [0.2, 0.25) is 0 Å². The van der Waals surface area contributed by atoms with Crippen LogP contribution in [0.5, 0.6) is 0 Å². The fourth-order valence-electron chi connectivity index (χ4n) is 2.96. The van der Waals surface area contributed by atoms with Crippen LogP contribution in [-0.2, 0) is 16.0 Å². The molecular formula is C16H24N2O3. The molecule has 0 aliphatic carbocycles. The number of nitrogens with one attached hydrogen (secondary N) is 1. The van der Waals surface area contributed by atoms with Gasteiger partial charge in [-0.15, -0.1) is 0 Å². The normalized spacial score (nSPS) is 20.0. The van der Waals surface area contributed by atoms with Crippen molar-refractivity contribution in [3.8, 4) is 0 Å². The van der Waals surface area contributed by atoms with Crippen molar-refractivity contribution < 1.29 is 14.0 Å². The number of rotatable bonds is 5. The Morgan fingerprint density at radius 3 is 2.67 bits per heavy atom. The number of nitrogens with zero attached hydrogens (tertiary/aromatic N) is 1. The summed E-state index contributed by atoms with van der Waals surface area (Å²) in [6.07, 6.45) is 3.88. The van der Waals surface area contributed by atoms with E-state index in [0.29, 0.717) is 32.2 Å². The van der Waals surface area contributed by atoms with E-state index in [0.717, 1.165) is 5.76 Å². The molecule has 1 fully saturated rings. The monoisotopic (exact) mass is 292 g/mol. The highest BCUT2D eigenvalue weighted by Gasteiger charge is 2.43. The minimum absolute atomic E-state index is 0.00817. The van der Waals surface area contributed by atoms with Crippen molar-refractivity contribution in [2.24, 2.45) is 0 Å². The summed E-state index contributed by atoms with van der Waals surface area (Å²) in [4.78, 5) is 26.7. The number of furan rings is 1. The van der Waals surface area contributed by atoms with Gasteiger partial charge in [-0.2, -0.15) is 0 Å². The summed E-state index contributed by atoms with van der Waals surface area (Å²) in [5, 5.41) is 2.93. The third-order valence-electron chi connectivity index (χ3n) is 4.44. The van der Waals surface area contributed by atoms with Gasteiger partial charge in [0, 0.05) is 25.4 Å². The summed E-state index contributed by atoms with van der Waals surface area (Å²) in [5.41, 5.74) is -0.759. The molecule has 1 saturated heterocycles. The Hall–Kier alpha value is -1.78. The average molecular weight is 292 g/mol. The van der Waals surface area contributed by atoms with Crippen LogP contribution >= 0.6 is 0 Å². The number of hydrogen-bond acceptors (Lipinski definition) is 3. The van der Waals surface area contributed by atoms with Gasteiger partial charge in [0.2, 0.25) is 11.8 Å². The zero-order valence-electron chi connectivity index (χ0n) is 13.0. The van der Waals surface area contributed by atoms with Crippen molar-refractivity contribution in [2.75, 3.05) is 6.54 Å². The lowest BCUT2D eigenvalue weighted by atomic mass is 9.90. The summed E-state index contributed by atoms with van der Waals surface area (Å²) in [5.74, 6) is 0.842. The number of hydrogen-bond donors (Lipinski definition) is 1. The highest BCUT2D eigenvalue weighted by atomic mass is 16.3. The molecular weight excluding hydrogens is 268 g/mol. The van der Waals surface area contributed by atoms with E-state index in [2.05, 4.69) is 5.32 Å². The van der Waals surface area contributed by atoms with Gasteiger partial charge in [0.25, 0.3) is 0 Å². The first-order valence-electron chi connectivity index (χ1n) is 7.67. The number of carbonyl (C=O) groups excluding carboxylic acids is 2. The molecule has 116 valence electrons. The van der Waals surface area contributed by atoms with Gasteiger partial charge >= 0.3 is 0 Å². The van der Waals surface area contributed by atoms with E-state index in [1.165, 1.54) is 0 Å². The molecule has 1 unspecified atom stereocenters. The van der Waals surface area contributed by atoms with Crippen LogP contribution in [0.1, 0.15) is 45.8 Å². The minimum atomic E-state index is -0.759. The van der Waals surface area contributed by atoms with Gasteiger partial charge in [0.05, 0.1) is 6.26 Å². The molecule has 1 aliphatic rings. The quantitative estimate of drug-likeness (QED) is 0.904. The van der Waals surface area contributed by atoms with Crippen LogP contribution in [-0.4, -0.2) is 34.8 Å². The fraction of sp³-hybridized carbons (Fsp3) is 0.625. The number of carbonyl (C=O) groups is 2. The van der Waals surface area contributed by atoms with E-state index >= 15 is 0 Å². The summed E-state index contributed by atoms with van der Waals surface area (Å²) in [6, 6.07) is 3.77. The topological polar surface area (TPSA) is 62.6 Å². The lowest BCUT2D eigenvalue weighted by Gasteiger charge is -2.36.